The highest BCUT2D eigenvalue weighted by Crippen LogP contribution is 2.34. The van der Waals surface area contributed by atoms with Crippen LogP contribution in [0.25, 0.3) is 10.8 Å². The first kappa shape index (κ1) is 21.5. The van der Waals surface area contributed by atoms with Crippen molar-refractivity contribution < 1.29 is 19.2 Å². The third-order valence-electron chi connectivity index (χ3n) is 6.18. The van der Waals surface area contributed by atoms with Crippen molar-refractivity contribution in [2.24, 2.45) is 0 Å². The Morgan fingerprint density at radius 2 is 1.75 bits per heavy atom. The lowest BCUT2D eigenvalue weighted by Crippen LogP contribution is -2.41. The third-order valence-corrected chi connectivity index (χ3v) is 6.18. The first-order valence-corrected chi connectivity index (χ1v) is 10.6. The van der Waals surface area contributed by atoms with Crippen LogP contribution in [0.15, 0.2) is 42.5 Å². The SMILES string of the molecule is CCc1c(C(=O)CN2C(=O)NC(C)(c3cccc4ccccc34)C2=O)[nH]c(C)c1C(C)=O. The molecule has 4 rings (SSSR count). The monoisotopic (exact) mass is 431 g/mol. The number of nitrogens with zero attached hydrogens (tertiary/aromatic N) is 1. The minimum Gasteiger partial charge on any atom is -0.355 e. The van der Waals surface area contributed by atoms with Crippen molar-refractivity contribution >= 4 is 34.3 Å². The molecule has 164 valence electrons. The smallest absolute Gasteiger partial charge is 0.325 e. The largest absolute Gasteiger partial charge is 0.355 e. The van der Waals surface area contributed by atoms with Gasteiger partial charge in [0.15, 0.2) is 11.6 Å². The van der Waals surface area contributed by atoms with Gasteiger partial charge in [0.2, 0.25) is 0 Å². The van der Waals surface area contributed by atoms with E-state index in [1.54, 1.807) is 13.8 Å². The molecule has 2 aromatic carbocycles. The maximum atomic E-state index is 13.4. The fourth-order valence-corrected chi connectivity index (χ4v) is 4.65. The van der Waals surface area contributed by atoms with Gasteiger partial charge in [-0.15, -0.1) is 0 Å². The fourth-order valence-electron chi connectivity index (χ4n) is 4.65. The maximum Gasteiger partial charge on any atom is 0.325 e. The highest BCUT2D eigenvalue weighted by atomic mass is 16.2. The Morgan fingerprint density at radius 3 is 2.44 bits per heavy atom. The first-order valence-electron chi connectivity index (χ1n) is 10.6. The van der Waals surface area contributed by atoms with Crippen molar-refractivity contribution in [2.45, 2.75) is 39.7 Å². The van der Waals surface area contributed by atoms with E-state index in [1.807, 2.05) is 49.4 Å². The number of H-pyrrole nitrogens is 1. The molecule has 1 aromatic heterocycles. The summed E-state index contributed by atoms with van der Waals surface area (Å²) in [5, 5.41) is 4.59. The number of aryl methyl sites for hydroxylation is 1. The summed E-state index contributed by atoms with van der Waals surface area (Å²) in [7, 11) is 0. The summed E-state index contributed by atoms with van der Waals surface area (Å²) in [5.41, 5.74) is 1.37. The minimum atomic E-state index is -1.29. The molecule has 1 saturated heterocycles. The Labute approximate surface area is 185 Å². The molecule has 0 spiro atoms. The Balaban J connectivity index is 1.68. The van der Waals surface area contributed by atoms with Gasteiger partial charge in [-0.1, -0.05) is 49.4 Å². The van der Waals surface area contributed by atoms with Gasteiger partial charge < -0.3 is 10.3 Å². The Morgan fingerprint density at radius 1 is 1.06 bits per heavy atom. The predicted molar refractivity (Wildman–Crippen MR) is 121 cm³/mol. The molecule has 7 nitrogen and oxygen atoms in total. The molecule has 0 saturated carbocycles. The zero-order chi connectivity index (χ0) is 23.2. The summed E-state index contributed by atoms with van der Waals surface area (Å²) in [4.78, 5) is 55.3. The second kappa shape index (κ2) is 7.75. The van der Waals surface area contributed by atoms with Crippen LogP contribution in [0.1, 0.15) is 58.4 Å². The summed E-state index contributed by atoms with van der Waals surface area (Å²) in [5.74, 6) is -1.03. The average molecular weight is 431 g/mol. The molecule has 3 amide bonds. The highest BCUT2D eigenvalue weighted by molar-refractivity contribution is 6.13. The van der Waals surface area contributed by atoms with Crippen molar-refractivity contribution in [3.63, 3.8) is 0 Å². The molecule has 1 atom stereocenters. The normalized spacial score (nSPS) is 18.3. The number of fused-ring (bicyclic) bond motifs is 1. The van der Waals surface area contributed by atoms with Gasteiger partial charge in [-0.2, -0.15) is 0 Å². The van der Waals surface area contributed by atoms with Crippen LogP contribution in [0.2, 0.25) is 0 Å². The van der Waals surface area contributed by atoms with Crippen molar-refractivity contribution in [1.82, 2.24) is 15.2 Å². The van der Waals surface area contributed by atoms with Crippen molar-refractivity contribution in [3.05, 3.63) is 70.5 Å². The second-order valence-electron chi connectivity index (χ2n) is 8.28. The molecule has 7 heteroatoms. The standard InChI is InChI=1S/C25H25N3O4/c1-5-17-21(15(3)29)14(2)26-22(17)20(30)13-28-23(31)25(4,27-24(28)32)19-12-8-10-16-9-6-7-11-18(16)19/h6-12,26H,5,13H2,1-4H3,(H,27,32). The van der Waals surface area contributed by atoms with Gasteiger partial charge in [0.1, 0.15) is 5.54 Å². The van der Waals surface area contributed by atoms with Crippen LogP contribution in [0.4, 0.5) is 4.79 Å². The number of carbonyl (C=O) groups excluding carboxylic acids is 4. The molecule has 1 fully saturated rings. The molecule has 0 bridgehead atoms. The predicted octanol–water partition coefficient (Wildman–Crippen LogP) is 3.89. The molecule has 1 unspecified atom stereocenters. The zero-order valence-corrected chi connectivity index (χ0v) is 18.5. The van der Waals surface area contributed by atoms with E-state index < -0.39 is 29.8 Å². The summed E-state index contributed by atoms with van der Waals surface area (Å²) in [6.07, 6.45) is 0.480. The molecule has 1 aliphatic rings. The van der Waals surface area contributed by atoms with Crippen LogP contribution >= 0.6 is 0 Å². The first-order chi connectivity index (χ1) is 15.2. The number of rotatable bonds is 6. The number of urea groups is 1. The van der Waals surface area contributed by atoms with E-state index in [4.69, 9.17) is 0 Å². The van der Waals surface area contributed by atoms with Crippen LogP contribution in [-0.2, 0) is 16.8 Å². The Hall–Kier alpha value is -3.74. The number of hydrogen-bond donors (Lipinski definition) is 2. The third kappa shape index (κ3) is 3.21. The van der Waals surface area contributed by atoms with E-state index in [9.17, 15) is 19.2 Å². The lowest BCUT2D eigenvalue weighted by atomic mass is 9.88. The second-order valence-corrected chi connectivity index (χ2v) is 8.28. The maximum absolute atomic E-state index is 13.4. The summed E-state index contributed by atoms with van der Waals surface area (Å²) in [6.45, 7) is 6.30. The number of carbonyl (C=O) groups is 4. The van der Waals surface area contributed by atoms with E-state index in [0.29, 0.717) is 28.8 Å². The van der Waals surface area contributed by atoms with Gasteiger partial charge in [-0.25, -0.2) is 4.79 Å². The molecule has 1 aliphatic heterocycles. The molecule has 0 aliphatic carbocycles. The number of Topliss-reactive ketones (excluding diaryl/α,β-unsaturated/α-hetero) is 2. The summed E-state index contributed by atoms with van der Waals surface area (Å²) < 4.78 is 0. The lowest BCUT2D eigenvalue weighted by molar-refractivity contribution is -0.130. The van der Waals surface area contributed by atoms with Gasteiger partial charge >= 0.3 is 6.03 Å². The number of amides is 3. The van der Waals surface area contributed by atoms with Crippen molar-refractivity contribution in [3.8, 4) is 0 Å². The van der Waals surface area contributed by atoms with Crippen molar-refractivity contribution in [1.29, 1.82) is 0 Å². The van der Waals surface area contributed by atoms with E-state index in [2.05, 4.69) is 10.3 Å². The van der Waals surface area contributed by atoms with Crippen LogP contribution in [0, 0.1) is 6.92 Å². The number of hydrogen-bond acceptors (Lipinski definition) is 4. The molecular weight excluding hydrogens is 406 g/mol. The van der Waals surface area contributed by atoms with E-state index in [0.717, 1.165) is 15.7 Å². The van der Waals surface area contributed by atoms with Crippen LogP contribution in [-0.4, -0.2) is 39.9 Å². The Kier molecular flexibility index (Phi) is 5.20. The number of nitrogens with one attached hydrogen (secondary N) is 2. The molecule has 0 radical (unpaired) electrons. The van der Waals surface area contributed by atoms with Gasteiger partial charge in [0.25, 0.3) is 5.91 Å². The van der Waals surface area contributed by atoms with Crippen LogP contribution < -0.4 is 5.32 Å². The topological polar surface area (TPSA) is 99.3 Å². The number of aromatic amines is 1. The van der Waals surface area contributed by atoms with Crippen LogP contribution in [0.3, 0.4) is 0 Å². The minimum absolute atomic E-state index is 0.131. The number of aromatic nitrogens is 1. The number of benzene rings is 2. The van der Waals surface area contributed by atoms with Gasteiger partial charge in [-0.3, -0.25) is 19.3 Å². The molecular formula is C25H25N3O4. The van der Waals surface area contributed by atoms with E-state index >= 15 is 0 Å². The highest BCUT2D eigenvalue weighted by Gasteiger charge is 2.50. The summed E-state index contributed by atoms with van der Waals surface area (Å²) in [6, 6.07) is 12.6. The lowest BCUT2D eigenvalue weighted by Gasteiger charge is -2.24. The van der Waals surface area contributed by atoms with Gasteiger partial charge in [0.05, 0.1) is 12.2 Å². The molecule has 2 heterocycles. The quantitative estimate of drug-likeness (QED) is 0.457. The molecule has 3 aromatic rings. The molecule has 2 N–H and O–H groups in total. The van der Waals surface area contributed by atoms with E-state index in [-0.39, 0.29) is 11.5 Å². The fraction of sp³-hybridized carbons (Fsp3) is 0.280. The van der Waals surface area contributed by atoms with Gasteiger partial charge in [-0.05, 0) is 49.1 Å². The van der Waals surface area contributed by atoms with Gasteiger partial charge in [0, 0.05) is 11.3 Å². The van der Waals surface area contributed by atoms with E-state index in [1.165, 1.54) is 6.92 Å². The average Bonchev–Trinajstić information content (AvgIpc) is 3.22. The number of ketones is 2. The molecule has 32 heavy (non-hydrogen) atoms. The zero-order valence-electron chi connectivity index (χ0n) is 18.5. The number of imide groups is 1. The van der Waals surface area contributed by atoms with Crippen molar-refractivity contribution in [2.75, 3.05) is 6.54 Å². The van der Waals surface area contributed by atoms with Crippen LogP contribution in [0.5, 0.6) is 0 Å². The Bertz CT molecular complexity index is 1280. The summed E-state index contributed by atoms with van der Waals surface area (Å²) >= 11 is 0.